The Morgan fingerprint density at radius 3 is 2.35 bits per heavy atom. The lowest BCUT2D eigenvalue weighted by atomic mass is 9.85. The first-order chi connectivity index (χ1) is 15.7. The number of hydrogen-bond acceptors (Lipinski definition) is 5. The topological polar surface area (TPSA) is 180 Å². The van der Waals surface area contributed by atoms with Crippen LogP contribution in [0.25, 0.3) is 0 Å². The lowest BCUT2D eigenvalue weighted by Crippen LogP contribution is -2.39. The van der Waals surface area contributed by atoms with E-state index in [-0.39, 0.29) is 34.8 Å². The Morgan fingerprint density at radius 1 is 1.09 bits per heavy atom. The van der Waals surface area contributed by atoms with Crippen molar-refractivity contribution in [3.05, 3.63) is 58.1 Å². The number of phenols is 1. The van der Waals surface area contributed by atoms with E-state index in [1.807, 2.05) is 20.8 Å². The van der Waals surface area contributed by atoms with E-state index in [1.54, 1.807) is 18.2 Å². The molecule has 0 aliphatic rings. The number of rotatable bonds is 8. The summed E-state index contributed by atoms with van der Waals surface area (Å²) >= 11 is 6.24. The van der Waals surface area contributed by atoms with Crippen LogP contribution in [0.4, 0.5) is 5.69 Å². The van der Waals surface area contributed by atoms with Gasteiger partial charge in [0, 0.05) is 16.7 Å². The summed E-state index contributed by atoms with van der Waals surface area (Å²) < 4.78 is 0. The molecule has 34 heavy (non-hydrogen) atoms. The van der Waals surface area contributed by atoms with Crippen LogP contribution in [0.2, 0.25) is 5.02 Å². The fourth-order valence-corrected chi connectivity index (χ4v) is 3.36. The Hall–Kier alpha value is -3.79. The zero-order valence-corrected chi connectivity index (χ0v) is 19.8. The number of nitrogens with zero attached hydrogens (tertiary/aromatic N) is 1. The molecule has 0 fully saturated rings. The molecule has 0 aliphatic carbocycles. The number of nitrogens with two attached hydrogens (primary N) is 2. The van der Waals surface area contributed by atoms with Crippen LogP contribution >= 0.6 is 11.6 Å². The monoisotopic (exact) mass is 489 g/mol. The van der Waals surface area contributed by atoms with Gasteiger partial charge in [0.2, 0.25) is 5.91 Å². The van der Waals surface area contributed by atoms with Crippen molar-refractivity contribution in [1.82, 2.24) is 10.6 Å². The molecule has 0 heterocycles. The van der Waals surface area contributed by atoms with Crippen LogP contribution in [0.3, 0.4) is 0 Å². The number of aliphatic imine (C=N–C) groups is 1. The molecule has 0 unspecified atom stereocenters. The smallest absolute Gasteiger partial charge is 0.305 e. The highest BCUT2D eigenvalue weighted by atomic mass is 35.5. The number of guanidine groups is 1. The number of amides is 2. The zero-order chi connectivity index (χ0) is 25.6. The van der Waals surface area contributed by atoms with Gasteiger partial charge in [0.25, 0.3) is 5.91 Å². The maximum absolute atomic E-state index is 12.5. The minimum absolute atomic E-state index is 0.0274. The summed E-state index contributed by atoms with van der Waals surface area (Å²) in [5.74, 6) is -2.88. The van der Waals surface area contributed by atoms with Crippen molar-refractivity contribution in [2.75, 3.05) is 6.54 Å². The number of aliphatic carboxylic acids is 1. The van der Waals surface area contributed by atoms with Crippen molar-refractivity contribution < 1.29 is 24.6 Å². The lowest BCUT2D eigenvalue weighted by molar-refractivity contribution is -0.137. The Kier molecular flexibility index (Phi) is 8.47. The number of carbonyl (C=O) groups excluding carboxylic acids is 2. The Balaban J connectivity index is 2.15. The van der Waals surface area contributed by atoms with E-state index in [9.17, 15) is 24.6 Å². The SMILES string of the molecule is CC(C)(C)c1cc(Cl)cc([C@H](CC(=O)O)NC(=O)CNC(=O)c2cc(O)cc(N=C(N)N)c2)c1. The standard InChI is InChI=1S/C23H28ClN5O5/c1-23(2,3)14-4-12(5-15(24)8-14)18(10-20(32)33)29-19(31)11-27-21(34)13-6-16(28-22(25)26)9-17(30)7-13/h4-9,18,30H,10-11H2,1-3H3,(H,27,34)(H,29,31)(H,32,33)(H4,25,26,28)/t18-/m0/s1. The largest absolute Gasteiger partial charge is 0.508 e. The average Bonchev–Trinajstić information content (AvgIpc) is 2.69. The molecule has 2 aromatic carbocycles. The molecule has 1 atom stereocenters. The highest BCUT2D eigenvalue weighted by Gasteiger charge is 2.22. The maximum atomic E-state index is 12.5. The molecular formula is C23H28ClN5O5. The number of halogens is 1. The van der Waals surface area contributed by atoms with Gasteiger partial charge in [-0.05, 0) is 40.8 Å². The fraction of sp³-hybridized carbons (Fsp3) is 0.304. The molecule has 8 N–H and O–H groups in total. The number of carbonyl (C=O) groups is 3. The van der Waals surface area contributed by atoms with E-state index in [0.29, 0.717) is 10.6 Å². The predicted octanol–water partition coefficient (Wildman–Crippen LogP) is 2.31. The number of phenolic OH excluding ortho intramolecular Hbond substituents is 1. The predicted molar refractivity (Wildman–Crippen MR) is 129 cm³/mol. The van der Waals surface area contributed by atoms with Crippen LogP contribution in [-0.2, 0) is 15.0 Å². The molecule has 0 aromatic heterocycles. The third-order valence-electron chi connectivity index (χ3n) is 4.73. The molecule has 11 heteroatoms. The molecule has 2 rings (SSSR count). The Labute approximate surface area is 202 Å². The van der Waals surface area contributed by atoms with Gasteiger partial charge in [-0.1, -0.05) is 38.4 Å². The van der Waals surface area contributed by atoms with Gasteiger partial charge in [-0.25, -0.2) is 4.99 Å². The highest BCUT2D eigenvalue weighted by molar-refractivity contribution is 6.30. The average molecular weight is 490 g/mol. The van der Waals surface area contributed by atoms with E-state index in [1.165, 1.54) is 18.2 Å². The molecule has 0 saturated heterocycles. The summed E-state index contributed by atoms with van der Waals surface area (Å²) in [4.78, 5) is 40.2. The molecule has 0 saturated carbocycles. The van der Waals surface area contributed by atoms with Crippen molar-refractivity contribution >= 4 is 41.0 Å². The number of aromatic hydroxyl groups is 1. The molecule has 10 nitrogen and oxygen atoms in total. The lowest BCUT2D eigenvalue weighted by Gasteiger charge is -2.23. The van der Waals surface area contributed by atoms with Gasteiger partial charge in [0.1, 0.15) is 5.75 Å². The number of nitrogens with one attached hydrogen (secondary N) is 2. The summed E-state index contributed by atoms with van der Waals surface area (Å²) in [6.07, 6.45) is -0.377. The second-order valence-corrected chi connectivity index (χ2v) is 9.14. The van der Waals surface area contributed by atoms with Crippen molar-refractivity contribution in [3.63, 3.8) is 0 Å². The van der Waals surface area contributed by atoms with Crippen LogP contribution in [0.15, 0.2) is 41.4 Å². The first kappa shape index (κ1) is 26.5. The maximum Gasteiger partial charge on any atom is 0.305 e. The van der Waals surface area contributed by atoms with Crippen LogP contribution in [-0.4, -0.2) is 40.5 Å². The van der Waals surface area contributed by atoms with E-state index < -0.39 is 30.4 Å². The minimum atomic E-state index is -1.11. The van der Waals surface area contributed by atoms with Gasteiger partial charge in [0.05, 0.1) is 24.7 Å². The van der Waals surface area contributed by atoms with E-state index in [4.69, 9.17) is 23.1 Å². The molecular weight excluding hydrogens is 462 g/mol. The first-order valence-electron chi connectivity index (χ1n) is 10.3. The number of carboxylic acid groups (broad SMARTS) is 1. The molecule has 0 spiro atoms. The molecule has 2 amide bonds. The van der Waals surface area contributed by atoms with Gasteiger partial charge < -0.3 is 32.3 Å². The summed E-state index contributed by atoms with van der Waals surface area (Å²) in [6, 6.07) is 8.10. The second kappa shape index (κ2) is 10.9. The molecule has 0 bridgehead atoms. The van der Waals surface area contributed by atoms with Crippen LogP contribution in [0.1, 0.15) is 54.7 Å². The highest BCUT2D eigenvalue weighted by Crippen LogP contribution is 2.30. The van der Waals surface area contributed by atoms with Crippen molar-refractivity contribution in [2.24, 2.45) is 16.5 Å². The quantitative estimate of drug-likeness (QED) is 0.243. The molecule has 182 valence electrons. The van der Waals surface area contributed by atoms with Crippen molar-refractivity contribution in [1.29, 1.82) is 0 Å². The van der Waals surface area contributed by atoms with Gasteiger partial charge in [-0.2, -0.15) is 0 Å². The Morgan fingerprint density at radius 2 is 1.76 bits per heavy atom. The van der Waals surface area contributed by atoms with Crippen molar-refractivity contribution in [2.45, 2.75) is 38.6 Å². The third kappa shape index (κ3) is 7.96. The molecule has 2 aromatic rings. The number of benzene rings is 2. The van der Waals surface area contributed by atoms with Gasteiger partial charge in [0.15, 0.2) is 5.96 Å². The normalized spacial score (nSPS) is 11.9. The third-order valence-corrected chi connectivity index (χ3v) is 4.95. The van der Waals surface area contributed by atoms with E-state index in [2.05, 4.69) is 15.6 Å². The fourth-order valence-electron chi connectivity index (χ4n) is 3.12. The molecule has 0 radical (unpaired) electrons. The van der Waals surface area contributed by atoms with E-state index in [0.717, 1.165) is 5.56 Å². The molecule has 0 aliphatic heterocycles. The van der Waals surface area contributed by atoms with Gasteiger partial charge in [-0.3, -0.25) is 14.4 Å². The number of carboxylic acids is 1. The first-order valence-corrected chi connectivity index (χ1v) is 10.7. The number of hydrogen-bond donors (Lipinski definition) is 6. The van der Waals surface area contributed by atoms with Crippen LogP contribution < -0.4 is 22.1 Å². The Bertz CT molecular complexity index is 1120. The second-order valence-electron chi connectivity index (χ2n) is 8.70. The summed E-state index contributed by atoms with van der Waals surface area (Å²) in [7, 11) is 0. The van der Waals surface area contributed by atoms with Crippen LogP contribution in [0.5, 0.6) is 5.75 Å². The van der Waals surface area contributed by atoms with Gasteiger partial charge >= 0.3 is 5.97 Å². The zero-order valence-electron chi connectivity index (χ0n) is 19.1. The summed E-state index contributed by atoms with van der Waals surface area (Å²) in [5.41, 5.74) is 12.0. The minimum Gasteiger partial charge on any atom is -0.508 e. The summed E-state index contributed by atoms with van der Waals surface area (Å²) in [5, 5.41) is 24.6. The van der Waals surface area contributed by atoms with Gasteiger partial charge in [-0.15, -0.1) is 0 Å². The van der Waals surface area contributed by atoms with Crippen molar-refractivity contribution in [3.8, 4) is 5.75 Å². The van der Waals surface area contributed by atoms with E-state index >= 15 is 0 Å². The van der Waals surface area contributed by atoms with Crippen LogP contribution in [0, 0.1) is 0 Å². The summed E-state index contributed by atoms with van der Waals surface area (Å²) in [6.45, 7) is 5.53.